The summed E-state index contributed by atoms with van der Waals surface area (Å²) in [7, 11) is 1.58. The molecule has 162 valence electrons. The summed E-state index contributed by atoms with van der Waals surface area (Å²) in [6, 6.07) is 10.1. The Bertz CT molecular complexity index is 1100. The smallest absolute Gasteiger partial charge is 0.362 e. The van der Waals surface area contributed by atoms with Crippen LogP contribution in [0.15, 0.2) is 36.4 Å². The monoisotopic (exact) mass is 426 g/mol. The maximum atomic E-state index is 12.3. The number of rotatable bonds is 9. The second kappa shape index (κ2) is 9.70. The van der Waals surface area contributed by atoms with Crippen molar-refractivity contribution in [1.29, 1.82) is 0 Å². The van der Waals surface area contributed by atoms with E-state index in [4.69, 9.17) is 14.2 Å². The molecule has 0 aliphatic carbocycles. The molecule has 2 aromatic carbocycles. The van der Waals surface area contributed by atoms with Gasteiger partial charge in [0, 0.05) is 12.6 Å². The molecule has 0 bridgehead atoms. The fourth-order valence-electron chi connectivity index (χ4n) is 2.88. The van der Waals surface area contributed by atoms with Crippen LogP contribution in [0.1, 0.15) is 29.9 Å². The zero-order chi connectivity index (χ0) is 22.4. The molecule has 10 heteroatoms. The van der Waals surface area contributed by atoms with Crippen LogP contribution in [-0.2, 0) is 11.3 Å². The molecule has 0 fully saturated rings. The third-order valence-electron chi connectivity index (χ3n) is 4.34. The van der Waals surface area contributed by atoms with E-state index in [0.717, 1.165) is 5.56 Å². The van der Waals surface area contributed by atoms with Crippen molar-refractivity contribution in [2.45, 2.75) is 20.4 Å². The van der Waals surface area contributed by atoms with Crippen molar-refractivity contribution in [3.8, 4) is 11.6 Å². The number of ether oxygens (including phenoxy) is 3. The van der Waals surface area contributed by atoms with Gasteiger partial charge in [-0.2, -0.15) is 0 Å². The maximum Gasteiger partial charge on any atom is 0.362 e. The second-order valence-corrected chi connectivity index (χ2v) is 6.35. The summed E-state index contributed by atoms with van der Waals surface area (Å²) in [6.07, 6.45) is 0. The van der Waals surface area contributed by atoms with Gasteiger partial charge in [0.25, 0.3) is 5.69 Å². The Hall–Kier alpha value is -3.95. The fraction of sp³-hybridized carbons (Fsp3) is 0.286. The van der Waals surface area contributed by atoms with E-state index in [0.29, 0.717) is 17.8 Å². The van der Waals surface area contributed by atoms with Crippen LogP contribution in [0.5, 0.6) is 11.6 Å². The highest BCUT2D eigenvalue weighted by Gasteiger charge is 2.22. The zero-order valence-electron chi connectivity index (χ0n) is 17.4. The van der Waals surface area contributed by atoms with Crippen molar-refractivity contribution in [3.05, 3.63) is 57.8 Å². The number of fused-ring (bicyclic) bond motifs is 1. The van der Waals surface area contributed by atoms with Gasteiger partial charge in [-0.15, -0.1) is 0 Å². The van der Waals surface area contributed by atoms with Crippen molar-refractivity contribution in [2.75, 3.05) is 25.6 Å². The lowest BCUT2D eigenvalue weighted by atomic mass is 10.2. The van der Waals surface area contributed by atoms with Crippen molar-refractivity contribution in [1.82, 2.24) is 9.97 Å². The second-order valence-electron chi connectivity index (χ2n) is 6.35. The molecule has 1 aromatic heterocycles. The summed E-state index contributed by atoms with van der Waals surface area (Å²) >= 11 is 0. The average molecular weight is 426 g/mol. The van der Waals surface area contributed by atoms with Crippen molar-refractivity contribution in [2.24, 2.45) is 0 Å². The number of anilines is 1. The van der Waals surface area contributed by atoms with Crippen molar-refractivity contribution < 1.29 is 23.9 Å². The number of nitro benzene ring substituents is 1. The first-order valence-corrected chi connectivity index (χ1v) is 9.63. The van der Waals surface area contributed by atoms with Crippen molar-refractivity contribution >= 4 is 28.4 Å². The van der Waals surface area contributed by atoms with Crippen molar-refractivity contribution in [3.63, 3.8) is 0 Å². The van der Waals surface area contributed by atoms with Gasteiger partial charge >= 0.3 is 5.97 Å². The standard InChI is InChI=1S/C21H22N4O6/c1-4-30-20-19(21(26)31-5-2)23-15-10-17(18(25(27)28)11-16(15)24-20)22-12-13-6-8-14(29-3)9-7-13/h6-11,22H,4-5,12H2,1-3H3. The minimum absolute atomic E-state index is 0.0262. The minimum Gasteiger partial charge on any atom is -0.497 e. The molecule has 10 nitrogen and oxygen atoms in total. The van der Waals surface area contributed by atoms with Gasteiger partial charge in [-0.25, -0.2) is 14.8 Å². The van der Waals surface area contributed by atoms with E-state index in [1.807, 2.05) is 12.1 Å². The molecule has 0 saturated heterocycles. The molecule has 0 unspecified atom stereocenters. The Morgan fingerprint density at radius 1 is 1.10 bits per heavy atom. The van der Waals surface area contributed by atoms with Gasteiger partial charge in [0.1, 0.15) is 11.4 Å². The molecule has 3 aromatic rings. The average Bonchev–Trinajstić information content (AvgIpc) is 2.77. The molecule has 0 radical (unpaired) electrons. The number of carbonyl (C=O) groups is 1. The lowest BCUT2D eigenvalue weighted by Gasteiger charge is -2.12. The third-order valence-corrected chi connectivity index (χ3v) is 4.34. The van der Waals surface area contributed by atoms with Crippen LogP contribution in [0.25, 0.3) is 11.0 Å². The van der Waals surface area contributed by atoms with Crippen LogP contribution < -0.4 is 14.8 Å². The van der Waals surface area contributed by atoms with E-state index >= 15 is 0 Å². The number of carbonyl (C=O) groups excluding carboxylic acids is 1. The highest BCUT2D eigenvalue weighted by atomic mass is 16.6. The summed E-state index contributed by atoms with van der Waals surface area (Å²) < 4.78 is 15.6. The first kappa shape index (κ1) is 21.8. The Labute approximate surface area is 178 Å². The Kier molecular flexibility index (Phi) is 6.81. The SMILES string of the molecule is CCOC(=O)c1nc2cc(NCc3ccc(OC)cc3)c([N+](=O)[O-])cc2nc1OCC. The quantitative estimate of drug-likeness (QED) is 0.309. The number of methoxy groups -OCH3 is 1. The van der Waals surface area contributed by atoms with E-state index in [1.54, 1.807) is 33.1 Å². The number of nitrogens with one attached hydrogen (secondary N) is 1. The number of esters is 1. The highest BCUT2D eigenvalue weighted by molar-refractivity contribution is 5.94. The van der Waals surface area contributed by atoms with Gasteiger partial charge < -0.3 is 19.5 Å². The van der Waals surface area contributed by atoms with E-state index in [9.17, 15) is 14.9 Å². The van der Waals surface area contributed by atoms with E-state index in [2.05, 4.69) is 15.3 Å². The summed E-state index contributed by atoms with van der Waals surface area (Å²) in [5.74, 6) is 0.0143. The highest BCUT2D eigenvalue weighted by Crippen LogP contribution is 2.31. The number of hydrogen-bond acceptors (Lipinski definition) is 9. The molecule has 0 amide bonds. The predicted octanol–water partition coefficient (Wildman–Crippen LogP) is 3.73. The molecule has 0 atom stereocenters. The molecule has 0 spiro atoms. The summed E-state index contributed by atoms with van der Waals surface area (Å²) in [6.45, 7) is 4.16. The molecule has 0 aliphatic heterocycles. The van der Waals surface area contributed by atoms with Gasteiger partial charge in [0.2, 0.25) is 11.6 Å². The normalized spacial score (nSPS) is 10.5. The summed E-state index contributed by atoms with van der Waals surface area (Å²) in [5.41, 5.74) is 1.45. The van der Waals surface area contributed by atoms with Crippen LogP contribution in [0.2, 0.25) is 0 Å². The van der Waals surface area contributed by atoms with E-state index < -0.39 is 10.9 Å². The van der Waals surface area contributed by atoms with Crippen LogP contribution >= 0.6 is 0 Å². The zero-order valence-corrected chi connectivity index (χ0v) is 17.4. The molecular weight excluding hydrogens is 404 g/mol. The largest absolute Gasteiger partial charge is 0.497 e. The topological polar surface area (TPSA) is 126 Å². The molecule has 0 aliphatic rings. The Balaban J connectivity index is 2.00. The third kappa shape index (κ3) is 4.97. The Morgan fingerprint density at radius 3 is 2.42 bits per heavy atom. The van der Waals surface area contributed by atoms with Gasteiger partial charge in [0.05, 0.1) is 36.3 Å². The maximum absolute atomic E-state index is 12.3. The molecule has 1 heterocycles. The van der Waals surface area contributed by atoms with E-state index in [1.165, 1.54) is 12.1 Å². The van der Waals surface area contributed by atoms with Gasteiger partial charge in [0.15, 0.2) is 0 Å². The lowest BCUT2D eigenvalue weighted by molar-refractivity contribution is -0.383. The molecule has 31 heavy (non-hydrogen) atoms. The van der Waals surface area contributed by atoms with Crippen LogP contribution in [0.4, 0.5) is 11.4 Å². The number of nitro groups is 1. The number of aromatic nitrogens is 2. The number of hydrogen-bond donors (Lipinski definition) is 1. The first-order chi connectivity index (χ1) is 15.0. The minimum atomic E-state index is -0.675. The Morgan fingerprint density at radius 2 is 1.81 bits per heavy atom. The number of nitrogens with zero attached hydrogens (tertiary/aromatic N) is 3. The summed E-state index contributed by atoms with van der Waals surface area (Å²) in [5, 5.41) is 14.7. The molecule has 1 N–H and O–H groups in total. The lowest BCUT2D eigenvalue weighted by Crippen LogP contribution is -2.12. The van der Waals surface area contributed by atoms with Crippen LogP contribution in [0, 0.1) is 10.1 Å². The van der Waals surface area contributed by atoms with Crippen LogP contribution in [0.3, 0.4) is 0 Å². The van der Waals surface area contributed by atoms with Gasteiger partial charge in [-0.3, -0.25) is 10.1 Å². The number of benzene rings is 2. The van der Waals surface area contributed by atoms with Gasteiger partial charge in [-0.1, -0.05) is 12.1 Å². The van der Waals surface area contributed by atoms with E-state index in [-0.39, 0.29) is 41.7 Å². The van der Waals surface area contributed by atoms with Gasteiger partial charge in [-0.05, 0) is 37.6 Å². The predicted molar refractivity (Wildman–Crippen MR) is 114 cm³/mol. The fourth-order valence-corrected chi connectivity index (χ4v) is 2.88. The summed E-state index contributed by atoms with van der Waals surface area (Å²) in [4.78, 5) is 32.0. The molecular formula is C21H22N4O6. The molecule has 3 rings (SSSR count). The molecule has 0 saturated carbocycles. The van der Waals surface area contributed by atoms with Crippen LogP contribution in [-0.4, -0.2) is 41.2 Å². The first-order valence-electron chi connectivity index (χ1n) is 9.63.